The highest BCUT2D eigenvalue weighted by molar-refractivity contribution is 5.25. The second kappa shape index (κ2) is 7.76. The topological polar surface area (TPSA) is 73.2 Å². The van der Waals surface area contributed by atoms with Crippen LogP contribution in [0.25, 0.3) is 0 Å². The summed E-state index contributed by atoms with van der Waals surface area (Å²) in [4.78, 5) is 1.92. The van der Waals surface area contributed by atoms with Crippen LogP contribution in [0.4, 0.5) is 8.78 Å². The summed E-state index contributed by atoms with van der Waals surface area (Å²) in [7, 11) is 0. The molecule has 1 saturated heterocycles. The normalized spacial score (nSPS) is 29.5. The number of likely N-dealkylation sites (tertiary alicyclic amines) is 1. The van der Waals surface area contributed by atoms with Crippen molar-refractivity contribution in [3.05, 3.63) is 29.8 Å². The van der Waals surface area contributed by atoms with E-state index in [1.165, 1.54) is 12.1 Å². The van der Waals surface area contributed by atoms with Gasteiger partial charge in [0.05, 0.1) is 11.7 Å². The molecule has 7 heteroatoms. The van der Waals surface area contributed by atoms with Gasteiger partial charge in [-0.15, -0.1) is 0 Å². The van der Waals surface area contributed by atoms with Gasteiger partial charge in [-0.25, -0.2) is 4.39 Å². The molecular formula is C19H27F2NO4. The lowest BCUT2D eigenvalue weighted by Crippen LogP contribution is -2.62. The van der Waals surface area contributed by atoms with Crippen molar-refractivity contribution in [3.8, 4) is 5.75 Å². The Kier molecular flexibility index (Phi) is 5.81. The fourth-order valence-corrected chi connectivity index (χ4v) is 4.00. The van der Waals surface area contributed by atoms with Gasteiger partial charge in [-0.2, -0.15) is 4.39 Å². The van der Waals surface area contributed by atoms with E-state index in [0.29, 0.717) is 19.5 Å². The second-order valence-corrected chi connectivity index (χ2v) is 7.74. The zero-order valence-electron chi connectivity index (χ0n) is 14.8. The van der Waals surface area contributed by atoms with Gasteiger partial charge >= 0.3 is 0 Å². The summed E-state index contributed by atoms with van der Waals surface area (Å²) in [5, 5.41) is 31.8. The summed E-state index contributed by atoms with van der Waals surface area (Å²) < 4.78 is 32.3. The fourth-order valence-electron chi connectivity index (χ4n) is 4.00. The van der Waals surface area contributed by atoms with Gasteiger partial charge in [0.15, 0.2) is 11.6 Å². The molecule has 5 nitrogen and oxygen atoms in total. The predicted molar refractivity (Wildman–Crippen MR) is 91.9 cm³/mol. The minimum absolute atomic E-state index is 0.105. The first kappa shape index (κ1) is 19.5. The highest BCUT2D eigenvalue weighted by Gasteiger charge is 2.44. The largest absolute Gasteiger partial charge is 0.487 e. The SMILES string of the molecule is O[C@H]1CCN(CC2(O)CCCCC2)C[C@]1(O)COc1cccc(F)c1F. The van der Waals surface area contributed by atoms with Gasteiger partial charge < -0.3 is 20.1 Å². The number of aliphatic hydroxyl groups is 3. The Bertz CT molecular complexity index is 624. The van der Waals surface area contributed by atoms with Gasteiger partial charge in [-0.05, 0) is 31.4 Å². The average Bonchev–Trinajstić information content (AvgIpc) is 2.60. The van der Waals surface area contributed by atoms with Crippen LogP contribution in [0.1, 0.15) is 38.5 Å². The summed E-state index contributed by atoms with van der Waals surface area (Å²) in [5.74, 6) is -2.44. The lowest BCUT2D eigenvalue weighted by atomic mass is 9.83. The van der Waals surface area contributed by atoms with Crippen molar-refractivity contribution in [2.45, 2.75) is 55.8 Å². The van der Waals surface area contributed by atoms with E-state index in [2.05, 4.69) is 0 Å². The van der Waals surface area contributed by atoms with Crippen molar-refractivity contribution >= 4 is 0 Å². The van der Waals surface area contributed by atoms with Crippen molar-refractivity contribution < 1.29 is 28.8 Å². The minimum Gasteiger partial charge on any atom is -0.487 e. The molecule has 0 bridgehead atoms. The maximum Gasteiger partial charge on any atom is 0.200 e. The predicted octanol–water partition coefficient (Wildman–Crippen LogP) is 1.84. The van der Waals surface area contributed by atoms with Crippen LogP contribution < -0.4 is 4.74 Å². The van der Waals surface area contributed by atoms with Gasteiger partial charge in [0, 0.05) is 19.6 Å². The molecule has 146 valence electrons. The third-order valence-corrected chi connectivity index (χ3v) is 5.53. The van der Waals surface area contributed by atoms with Gasteiger partial charge in [0.1, 0.15) is 12.2 Å². The molecule has 0 aromatic heterocycles. The summed E-state index contributed by atoms with van der Waals surface area (Å²) >= 11 is 0. The zero-order valence-corrected chi connectivity index (χ0v) is 14.8. The van der Waals surface area contributed by atoms with Crippen LogP contribution in [-0.2, 0) is 0 Å². The van der Waals surface area contributed by atoms with Crippen molar-refractivity contribution in [2.75, 3.05) is 26.2 Å². The number of hydrogen-bond acceptors (Lipinski definition) is 5. The van der Waals surface area contributed by atoms with Crippen LogP contribution >= 0.6 is 0 Å². The van der Waals surface area contributed by atoms with Crippen LogP contribution in [0.5, 0.6) is 5.75 Å². The van der Waals surface area contributed by atoms with Gasteiger partial charge in [0.25, 0.3) is 0 Å². The summed E-state index contributed by atoms with van der Waals surface area (Å²) in [6.45, 7) is 0.730. The smallest absolute Gasteiger partial charge is 0.200 e. The molecule has 1 heterocycles. The summed E-state index contributed by atoms with van der Waals surface area (Å²) in [6, 6.07) is 3.58. The number of rotatable bonds is 5. The molecule has 1 saturated carbocycles. The van der Waals surface area contributed by atoms with Gasteiger partial charge in [-0.1, -0.05) is 25.3 Å². The van der Waals surface area contributed by atoms with E-state index in [4.69, 9.17) is 4.74 Å². The van der Waals surface area contributed by atoms with E-state index in [1.807, 2.05) is 4.90 Å². The van der Waals surface area contributed by atoms with E-state index in [0.717, 1.165) is 38.2 Å². The number of piperidine rings is 1. The maximum atomic E-state index is 13.7. The monoisotopic (exact) mass is 371 g/mol. The van der Waals surface area contributed by atoms with Crippen LogP contribution in [0.15, 0.2) is 18.2 Å². The zero-order chi connectivity index (χ0) is 18.8. The summed E-state index contributed by atoms with van der Waals surface area (Å²) in [5.41, 5.74) is -2.38. The highest BCUT2D eigenvalue weighted by atomic mass is 19.2. The number of hydrogen-bond donors (Lipinski definition) is 3. The Hall–Kier alpha value is -1.28. The van der Waals surface area contributed by atoms with E-state index < -0.39 is 28.9 Å². The molecule has 0 unspecified atom stereocenters. The standard InChI is InChI=1S/C19H27F2NO4/c20-14-5-4-6-15(17(14)21)26-13-19(25)12-22(10-7-16(19)23)11-18(24)8-2-1-3-9-18/h4-6,16,23-25H,1-3,7-13H2/t16-,19-/m0/s1. The second-order valence-electron chi connectivity index (χ2n) is 7.74. The van der Waals surface area contributed by atoms with Crippen LogP contribution in [0.3, 0.4) is 0 Å². The van der Waals surface area contributed by atoms with E-state index in [1.54, 1.807) is 0 Å². The quantitative estimate of drug-likeness (QED) is 0.737. The lowest BCUT2D eigenvalue weighted by Gasteiger charge is -2.45. The average molecular weight is 371 g/mol. The van der Waals surface area contributed by atoms with Crippen molar-refractivity contribution in [1.82, 2.24) is 4.90 Å². The molecule has 2 atom stereocenters. The van der Waals surface area contributed by atoms with Crippen molar-refractivity contribution in [3.63, 3.8) is 0 Å². The molecular weight excluding hydrogens is 344 g/mol. The van der Waals surface area contributed by atoms with Crippen LogP contribution in [0, 0.1) is 11.6 Å². The minimum atomic E-state index is -1.61. The Morgan fingerprint density at radius 1 is 1.15 bits per heavy atom. The molecule has 1 aliphatic carbocycles. The Morgan fingerprint density at radius 2 is 1.88 bits per heavy atom. The first-order valence-electron chi connectivity index (χ1n) is 9.23. The number of halogens is 2. The Labute approximate surface area is 152 Å². The van der Waals surface area contributed by atoms with E-state index >= 15 is 0 Å². The first-order valence-corrected chi connectivity index (χ1v) is 9.23. The number of β-amino-alcohol motifs (C(OH)–C–C–N with tert-alkyl or cyclic N) is 2. The fraction of sp³-hybridized carbons (Fsp3) is 0.684. The van der Waals surface area contributed by atoms with Crippen molar-refractivity contribution in [2.24, 2.45) is 0 Å². The van der Waals surface area contributed by atoms with Crippen LogP contribution in [-0.4, -0.2) is 63.8 Å². The molecule has 0 spiro atoms. The molecule has 1 aliphatic heterocycles. The van der Waals surface area contributed by atoms with E-state index in [-0.39, 0.29) is 18.9 Å². The lowest BCUT2D eigenvalue weighted by molar-refractivity contribution is -0.150. The number of aliphatic hydroxyl groups excluding tert-OH is 1. The molecule has 0 amide bonds. The highest BCUT2D eigenvalue weighted by Crippen LogP contribution is 2.31. The molecule has 3 rings (SSSR count). The molecule has 2 fully saturated rings. The molecule has 2 aliphatic rings. The molecule has 26 heavy (non-hydrogen) atoms. The molecule has 1 aromatic carbocycles. The number of nitrogens with zero attached hydrogens (tertiary/aromatic N) is 1. The van der Waals surface area contributed by atoms with Gasteiger partial charge in [0.2, 0.25) is 5.82 Å². The third kappa shape index (κ3) is 4.34. The molecule has 1 aromatic rings. The number of benzene rings is 1. The third-order valence-electron chi connectivity index (χ3n) is 5.53. The maximum absolute atomic E-state index is 13.7. The summed E-state index contributed by atoms with van der Waals surface area (Å²) in [6.07, 6.45) is 3.85. The number of ether oxygens (including phenoxy) is 1. The van der Waals surface area contributed by atoms with E-state index in [9.17, 15) is 24.1 Å². The van der Waals surface area contributed by atoms with Crippen molar-refractivity contribution in [1.29, 1.82) is 0 Å². The van der Waals surface area contributed by atoms with Gasteiger partial charge in [-0.3, -0.25) is 4.90 Å². The van der Waals surface area contributed by atoms with Crippen LogP contribution in [0.2, 0.25) is 0 Å². The molecule has 0 radical (unpaired) electrons. The molecule has 3 N–H and O–H groups in total. The Balaban J connectivity index is 1.63. The Morgan fingerprint density at radius 3 is 2.62 bits per heavy atom. The first-order chi connectivity index (χ1) is 12.3.